The number of amides is 1. The van der Waals surface area contributed by atoms with E-state index in [1.165, 1.54) is 0 Å². The monoisotopic (exact) mass is 351 g/mol. The number of nitrogens with one attached hydrogen (secondary N) is 1. The molecule has 3 heterocycles. The Morgan fingerprint density at radius 3 is 2.69 bits per heavy atom. The van der Waals surface area contributed by atoms with Gasteiger partial charge in [0.15, 0.2) is 0 Å². The van der Waals surface area contributed by atoms with Crippen LogP contribution in [0.3, 0.4) is 0 Å². The minimum Gasteiger partial charge on any atom is -0.368 e. The van der Waals surface area contributed by atoms with Gasteiger partial charge in [0, 0.05) is 50.4 Å². The molecular formula is C20H25N5O. The van der Waals surface area contributed by atoms with E-state index in [2.05, 4.69) is 53.7 Å². The molecule has 1 aromatic heterocycles. The van der Waals surface area contributed by atoms with Gasteiger partial charge < -0.3 is 15.1 Å². The summed E-state index contributed by atoms with van der Waals surface area (Å²) in [7, 11) is 2.11. The van der Waals surface area contributed by atoms with Crippen LogP contribution in [-0.4, -0.2) is 48.4 Å². The number of nitrogens with zero attached hydrogens (tertiary/aromatic N) is 4. The Labute approximate surface area is 153 Å². The predicted molar refractivity (Wildman–Crippen MR) is 103 cm³/mol. The molecule has 1 N–H and O–H groups in total. The summed E-state index contributed by atoms with van der Waals surface area (Å²) in [4.78, 5) is 17.1. The van der Waals surface area contributed by atoms with Crippen LogP contribution < -0.4 is 15.1 Å². The normalized spacial score (nSPS) is 22.9. The fourth-order valence-electron chi connectivity index (χ4n) is 3.85. The SMILES string of the molecule is CC1CN(C(=O)C2CC2)c2cc(-c3cnn(C4CNC4)c3)ccc2N1C. The zero-order chi connectivity index (χ0) is 17.8. The van der Waals surface area contributed by atoms with Gasteiger partial charge >= 0.3 is 0 Å². The van der Waals surface area contributed by atoms with Crippen LogP contribution in [0, 0.1) is 5.92 Å². The van der Waals surface area contributed by atoms with E-state index in [-0.39, 0.29) is 5.92 Å². The lowest BCUT2D eigenvalue weighted by Gasteiger charge is -2.40. The van der Waals surface area contributed by atoms with Gasteiger partial charge in [0.2, 0.25) is 5.91 Å². The third kappa shape index (κ3) is 2.51. The van der Waals surface area contributed by atoms with Crippen molar-refractivity contribution in [3.05, 3.63) is 30.6 Å². The molecule has 0 bridgehead atoms. The summed E-state index contributed by atoms with van der Waals surface area (Å²) in [5, 5.41) is 7.81. The maximum absolute atomic E-state index is 12.8. The second kappa shape index (κ2) is 5.84. The number of hydrogen-bond acceptors (Lipinski definition) is 4. The van der Waals surface area contributed by atoms with Crippen LogP contribution in [-0.2, 0) is 4.79 Å². The molecule has 2 aromatic rings. The molecule has 2 fully saturated rings. The Morgan fingerprint density at radius 1 is 1.19 bits per heavy atom. The first-order valence-corrected chi connectivity index (χ1v) is 9.55. The number of benzene rings is 1. The highest BCUT2D eigenvalue weighted by Gasteiger charge is 2.38. The van der Waals surface area contributed by atoms with Crippen molar-refractivity contribution in [2.24, 2.45) is 5.92 Å². The van der Waals surface area contributed by atoms with Crippen LogP contribution in [0.15, 0.2) is 30.6 Å². The molecule has 6 nitrogen and oxygen atoms in total. The number of aromatic nitrogens is 2. The van der Waals surface area contributed by atoms with Crippen molar-refractivity contribution < 1.29 is 4.79 Å². The third-order valence-corrected chi connectivity index (χ3v) is 6.02. The first-order chi connectivity index (χ1) is 12.6. The molecule has 2 aliphatic heterocycles. The summed E-state index contributed by atoms with van der Waals surface area (Å²) in [6.45, 7) is 4.91. The van der Waals surface area contributed by atoms with E-state index in [1.807, 2.05) is 15.8 Å². The largest absolute Gasteiger partial charge is 0.368 e. The second-order valence-corrected chi connectivity index (χ2v) is 7.91. The lowest BCUT2D eigenvalue weighted by Crippen LogP contribution is -2.48. The highest BCUT2D eigenvalue weighted by molar-refractivity contribution is 6.01. The van der Waals surface area contributed by atoms with Gasteiger partial charge in [0.1, 0.15) is 0 Å². The van der Waals surface area contributed by atoms with Crippen LogP contribution in [0.5, 0.6) is 0 Å². The van der Waals surface area contributed by atoms with Crippen LogP contribution in [0.4, 0.5) is 11.4 Å². The number of hydrogen-bond donors (Lipinski definition) is 1. The maximum atomic E-state index is 12.8. The minimum absolute atomic E-state index is 0.232. The topological polar surface area (TPSA) is 53.4 Å². The van der Waals surface area contributed by atoms with E-state index in [9.17, 15) is 4.79 Å². The van der Waals surface area contributed by atoms with Crippen LogP contribution >= 0.6 is 0 Å². The number of rotatable bonds is 3. The number of carbonyl (C=O) groups excluding carboxylic acids is 1. The summed E-state index contributed by atoms with van der Waals surface area (Å²) in [5.41, 5.74) is 4.41. The summed E-state index contributed by atoms with van der Waals surface area (Å²) in [6, 6.07) is 7.24. The molecule has 1 saturated heterocycles. The zero-order valence-electron chi connectivity index (χ0n) is 15.4. The zero-order valence-corrected chi connectivity index (χ0v) is 15.4. The van der Waals surface area contributed by atoms with Crippen molar-refractivity contribution in [2.45, 2.75) is 31.8 Å². The van der Waals surface area contributed by atoms with E-state index in [0.717, 1.165) is 55.0 Å². The summed E-state index contributed by atoms with van der Waals surface area (Å²) in [6.07, 6.45) is 6.13. The molecule has 6 heteroatoms. The van der Waals surface area contributed by atoms with E-state index < -0.39 is 0 Å². The minimum atomic E-state index is 0.232. The van der Waals surface area contributed by atoms with Crippen molar-refractivity contribution in [1.82, 2.24) is 15.1 Å². The Kier molecular flexibility index (Phi) is 3.57. The van der Waals surface area contributed by atoms with Crippen LogP contribution in [0.25, 0.3) is 11.1 Å². The fourth-order valence-corrected chi connectivity index (χ4v) is 3.85. The van der Waals surface area contributed by atoms with Crippen molar-refractivity contribution >= 4 is 17.3 Å². The third-order valence-electron chi connectivity index (χ3n) is 6.02. The first-order valence-electron chi connectivity index (χ1n) is 9.55. The molecule has 0 spiro atoms. The van der Waals surface area contributed by atoms with Crippen molar-refractivity contribution in [1.29, 1.82) is 0 Å². The average molecular weight is 351 g/mol. The van der Waals surface area contributed by atoms with Gasteiger partial charge in [0.25, 0.3) is 0 Å². The maximum Gasteiger partial charge on any atom is 0.230 e. The Balaban J connectivity index is 1.52. The highest BCUT2D eigenvalue weighted by Crippen LogP contribution is 2.41. The molecule has 5 rings (SSSR count). The first kappa shape index (κ1) is 15.9. The summed E-state index contributed by atoms with van der Waals surface area (Å²) >= 11 is 0. The predicted octanol–water partition coefficient (Wildman–Crippen LogP) is 2.28. The Hall–Kier alpha value is -2.34. The molecule has 1 saturated carbocycles. The van der Waals surface area contributed by atoms with Gasteiger partial charge in [-0.15, -0.1) is 0 Å². The van der Waals surface area contributed by atoms with Gasteiger partial charge in [-0.25, -0.2) is 0 Å². The number of fused-ring (bicyclic) bond motifs is 1. The molecule has 136 valence electrons. The van der Waals surface area contributed by atoms with Crippen molar-refractivity contribution in [3.8, 4) is 11.1 Å². The molecule has 1 aromatic carbocycles. The number of likely N-dealkylation sites (N-methyl/N-ethyl adjacent to an activating group) is 1. The lowest BCUT2D eigenvalue weighted by atomic mass is 10.0. The Bertz CT molecular complexity index is 852. The van der Waals surface area contributed by atoms with Gasteiger partial charge in [-0.05, 0) is 37.5 Å². The molecule has 1 unspecified atom stereocenters. The molecular weight excluding hydrogens is 326 g/mol. The van der Waals surface area contributed by atoms with Gasteiger partial charge in [0.05, 0.1) is 23.6 Å². The van der Waals surface area contributed by atoms with Crippen molar-refractivity contribution in [3.63, 3.8) is 0 Å². The van der Waals surface area contributed by atoms with E-state index in [0.29, 0.717) is 18.0 Å². The molecule has 1 aliphatic carbocycles. The second-order valence-electron chi connectivity index (χ2n) is 7.91. The molecule has 26 heavy (non-hydrogen) atoms. The molecule has 1 atom stereocenters. The summed E-state index contributed by atoms with van der Waals surface area (Å²) in [5.74, 6) is 0.524. The fraction of sp³-hybridized carbons (Fsp3) is 0.500. The lowest BCUT2D eigenvalue weighted by molar-refractivity contribution is -0.119. The van der Waals surface area contributed by atoms with E-state index >= 15 is 0 Å². The molecule has 1 amide bonds. The van der Waals surface area contributed by atoms with Gasteiger partial charge in [-0.3, -0.25) is 9.48 Å². The van der Waals surface area contributed by atoms with Gasteiger partial charge in [-0.2, -0.15) is 5.10 Å². The van der Waals surface area contributed by atoms with Crippen LogP contribution in [0.2, 0.25) is 0 Å². The standard InChI is InChI=1S/C20H25N5O/c1-13-11-24(20(26)14-3-4-14)19-7-15(5-6-18(19)23(13)2)16-8-22-25(12-16)17-9-21-10-17/h5-8,12-14,17,21H,3-4,9-11H2,1-2H3. The quantitative estimate of drug-likeness (QED) is 0.922. The smallest absolute Gasteiger partial charge is 0.230 e. The summed E-state index contributed by atoms with van der Waals surface area (Å²) < 4.78 is 2.05. The molecule has 3 aliphatic rings. The van der Waals surface area contributed by atoms with E-state index in [4.69, 9.17) is 0 Å². The van der Waals surface area contributed by atoms with Gasteiger partial charge in [-0.1, -0.05) is 6.07 Å². The van der Waals surface area contributed by atoms with Crippen molar-refractivity contribution in [2.75, 3.05) is 36.5 Å². The number of carbonyl (C=O) groups is 1. The Morgan fingerprint density at radius 2 is 2.00 bits per heavy atom. The molecule has 0 radical (unpaired) electrons. The number of anilines is 2. The van der Waals surface area contributed by atoms with E-state index in [1.54, 1.807) is 0 Å². The highest BCUT2D eigenvalue weighted by atomic mass is 16.2. The van der Waals surface area contributed by atoms with Crippen LogP contribution in [0.1, 0.15) is 25.8 Å². The average Bonchev–Trinajstić information content (AvgIpc) is 3.35.